The first-order valence-electron chi connectivity index (χ1n) is 5.01. The number of hydrogen-bond donors (Lipinski definition) is 2. The van der Waals surface area contributed by atoms with E-state index < -0.39 is 18.5 Å². The van der Waals surface area contributed by atoms with Crippen molar-refractivity contribution in [2.24, 2.45) is 0 Å². The van der Waals surface area contributed by atoms with Crippen molar-refractivity contribution in [3.63, 3.8) is 0 Å². The van der Waals surface area contributed by atoms with Gasteiger partial charge in [0.25, 0.3) is 0 Å². The van der Waals surface area contributed by atoms with Crippen molar-refractivity contribution in [3.05, 3.63) is 23.8 Å². The highest BCUT2D eigenvalue weighted by Crippen LogP contribution is 2.13. The zero-order chi connectivity index (χ0) is 11.3. The minimum atomic E-state index is -0.752. The van der Waals surface area contributed by atoms with Crippen molar-refractivity contribution in [2.75, 3.05) is 13.2 Å². The van der Waals surface area contributed by atoms with E-state index in [9.17, 15) is 5.11 Å². The van der Waals surface area contributed by atoms with Crippen molar-refractivity contribution in [1.82, 2.24) is 0 Å². The average Bonchev–Trinajstić information content (AvgIpc) is 2.20. The van der Waals surface area contributed by atoms with Gasteiger partial charge in [0.2, 0.25) is 0 Å². The summed E-state index contributed by atoms with van der Waals surface area (Å²) in [6, 6.07) is 0. The number of aliphatic hydroxyl groups is 2. The van der Waals surface area contributed by atoms with Gasteiger partial charge in [0.15, 0.2) is 6.29 Å². The molecule has 0 saturated heterocycles. The molecule has 1 aliphatic rings. The van der Waals surface area contributed by atoms with E-state index in [2.05, 4.69) is 0 Å². The van der Waals surface area contributed by atoms with Crippen LogP contribution in [-0.4, -0.2) is 41.9 Å². The molecule has 0 radical (unpaired) electrons. The summed E-state index contributed by atoms with van der Waals surface area (Å²) in [7, 11) is 0. The molecule has 4 heteroatoms. The van der Waals surface area contributed by atoms with Gasteiger partial charge in [-0.1, -0.05) is 17.7 Å². The number of ether oxygens (including phenoxy) is 2. The molecule has 1 aliphatic heterocycles. The van der Waals surface area contributed by atoms with Crippen LogP contribution in [0.1, 0.15) is 13.8 Å². The third-order valence-electron chi connectivity index (χ3n) is 2.09. The Hall–Kier alpha value is -0.680. The van der Waals surface area contributed by atoms with E-state index in [0.29, 0.717) is 6.61 Å². The van der Waals surface area contributed by atoms with Crippen LogP contribution in [0.4, 0.5) is 0 Å². The Labute approximate surface area is 89.8 Å². The lowest BCUT2D eigenvalue weighted by atomic mass is 10.1. The summed E-state index contributed by atoms with van der Waals surface area (Å²) in [5.41, 5.74) is 1.17. The fourth-order valence-electron chi connectivity index (χ4n) is 1.18. The second-order valence-electron chi connectivity index (χ2n) is 3.72. The van der Waals surface area contributed by atoms with Crippen molar-refractivity contribution in [2.45, 2.75) is 32.3 Å². The molecular formula is C11H18O4. The summed E-state index contributed by atoms with van der Waals surface area (Å²) in [6.07, 6.45) is 3.34. The number of aliphatic hydroxyl groups excluding tert-OH is 2. The number of allylic oxidation sites excluding steroid dienone is 1. The topological polar surface area (TPSA) is 58.9 Å². The van der Waals surface area contributed by atoms with Gasteiger partial charge in [-0.25, -0.2) is 0 Å². The Morgan fingerprint density at radius 1 is 1.47 bits per heavy atom. The summed E-state index contributed by atoms with van der Waals surface area (Å²) >= 11 is 0. The quantitative estimate of drug-likeness (QED) is 0.673. The largest absolute Gasteiger partial charge is 0.394 e. The van der Waals surface area contributed by atoms with Gasteiger partial charge in [-0.3, -0.25) is 0 Å². The Kier molecular flexibility index (Phi) is 4.98. The molecule has 2 N–H and O–H groups in total. The maximum absolute atomic E-state index is 9.36. The van der Waals surface area contributed by atoms with Crippen LogP contribution in [0.3, 0.4) is 0 Å². The van der Waals surface area contributed by atoms with Gasteiger partial charge >= 0.3 is 0 Å². The van der Waals surface area contributed by atoms with Crippen molar-refractivity contribution in [1.29, 1.82) is 0 Å². The van der Waals surface area contributed by atoms with Crippen LogP contribution < -0.4 is 0 Å². The predicted molar refractivity (Wildman–Crippen MR) is 56.3 cm³/mol. The molecule has 0 bridgehead atoms. The molecular weight excluding hydrogens is 196 g/mol. The zero-order valence-electron chi connectivity index (χ0n) is 9.09. The monoisotopic (exact) mass is 214 g/mol. The van der Waals surface area contributed by atoms with E-state index in [-0.39, 0.29) is 6.61 Å². The van der Waals surface area contributed by atoms with E-state index in [0.717, 1.165) is 0 Å². The van der Waals surface area contributed by atoms with Crippen LogP contribution in [0.25, 0.3) is 0 Å². The summed E-state index contributed by atoms with van der Waals surface area (Å²) in [5.74, 6) is 0. The van der Waals surface area contributed by atoms with Gasteiger partial charge in [-0.2, -0.15) is 0 Å². The van der Waals surface area contributed by atoms with Crippen LogP contribution in [0.2, 0.25) is 0 Å². The SMILES string of the molecule is CC(C)=CCO[C@@H]1C=C[C@H](O)[C@@H](CO)O1. The molecule has 4 nitrogen and oxygen atoms in total. The first-order chi connectivity index (χ1) is 7.13. The molecule has 3 atom stereocenters. The zero-order valence-corrected chi connectivity index (χ0v) is 9.09. The van der Waals surface area contributed by atoms with Gasteiger partial charge < -0.3 is 19.7 Å². The molecule has 0 amide bonds. The van der Waals surface area contributed by atoms with E-state index in [1.165, 1.54) is 5.57 Å². The van der Waals surface area contributed by atoms with Crippen molar-refractivity contribution in [3.8, 4) is 0 Å². The second-order valence-corrected chi connectivity index (χ2v) is 3.72. The lowest BCUT2D eigenvalue weighted by Crippen LogP contribution is -2.38. The fraction of sp³-hybridized carbons (Fsp3) is 0.636. The Balaban J connectivity index is 2.38. The Morgan fingerprint density at radius 2 is 2.20 bits per heavy atom. The highest BCUT2D eigenvalue weighted by Gasteiger charge is 2.24. The number of hydrogen-bond acceptors (Lipinski definition) is 4. The summed E-state index contributed by atoms with van der Waals surface area (Å²) in [5, 5.41) is 18.3. The van der Waals surface area contributed by atoms with Gasteiger partial charge in [-0.15, -0.1) is 0 Å². The summed E-state index contributed by atoms with van der Waals surface area (Å²) in [4.78, 5) is 0. The third kappa shape index (κ3) is 4.13. The Bertz CT molecular complexity index is 243. The van der Waals surface area contributed by atoms with Crippen LogP contribution in [0.15, 0.2) is 23.8 Å². The van der Waals surface area contributed by atoms with E-state index in [1.54, 1.807) is 12.2 Å². The van der Waals surface area contributed by atoms with E-state index in [1.807, 2.05) is 19.9 Å². The highest BCUT2D eigenvalue weighted by molar-refractivity contribution is 5.00. The van der Waals surface area contributed by atoms with Crippen LogP contribution in [0, 0.1) is 0 Å². The van der Waals surface area contributed by atoms with Crippen LogP contribution in [0.5, 0.6) is 0 Å². The molecule has 0 aromatic rings. The minimum absolute atomic E-state index is 0.214. The van der Waals surface area contributed by atoms with Gasteiger partial charge in [0.05, 0.1) is 13.2 Å². The first kappa shape index (κ1) is 12.4. The molecule has 0 fully saturated rings. The molecule has 86 valence electrons. The normalized spacial score (nSPS) is 30.3. The average molecular weight is 214 g/mol. The molecule has 0 aromatic carbocycles. The molecule has 0 saturated carbocycles. The van der Waals surface area contributed by atoms with E-state index >= 15 is 0 Å². The van der Waals surface area contributed by atoms with Crippen LogP contribution >= 0.6 is 0 Å². The molecule has 1 heterocycles. The lowest BCUT2D eigenvalue weighted by Gasteiger charge is -2.27. The van der Waals surface area contributed by atoms with Crippen molar-refractivity contribution < 1.29 is 19.7 Å². The van der Waals surface area contributed by atoms with Crippen molar-refractivity contribution >= 4 is 0 Å². The fourth-order valence-corrected chi connectivity index (χ4v) is 1.18. The Morgan fingerprint density at radius 3 is 2.80 bits per heavy atom. The molecule has 1 rings (SSSR count). The standard InChI is InChI=1S/C11H18O4/c1-8(2)5-6-14-11-4-3-9(13)10(7-12)15-11/h3-5,9-13H,6-7H2,1-2H3/t9-,10+,11-/m0/s1. The van der Waals surface area contributed by atoms with Gasteiger partial charge in [0, 0.05) is 0 Å². The summed E-state index contributed by atoms with van der Waals surface area (Å²) in [6.45, 7) is 4.22. The van der Waals surface area contributed by atoms with Gasteiger partial charge in [0.1, 0.15) is 12.2 Å². The molecule has 0 spiro atoms. The smallest absolute Gasteiger partial charge is 0.177 e. The first-order valence-corrected chi connectivity index (χ1v) is 5.01. The minimum Gasteiger partial charge on any atom is -0.394 e. The maximum Gasteiger partial charge on any atom is 0.177 e. The molecule has 0 aromatic heterocycles. The molecule has 15 heavy (non-hydrogen) atoms. The predicted octanol–water partition coefficient (Wildman–Crippen LogP) is 0.603. The summed E-state index contributed by atoms with van der Waals surface area (Å²) < 4.78 is 10.7. The lowest BCUT2D eigenvalue weighted by molar-refractivity contribution is -0.175. The van der Waals surface area contributed by atoms with E-state index in [4.69, 9.17) is 14.6 Å². The number of rotatable bonds is 4. The maximum atomic E-state index is 9.36. The third-order valence-corrected chi connectivity index (χ3v) is 2.09. The molecule has 0 aliphatic carbocycles. The van der Waals surface area contributed by atoms with Crippen LogP contribution in [-0.2, 0) is 9.47 Å². The molecule has 0 unspecified atom stereocenters. The van der Waals surface area contributed by atoms with Gasteiger partial charge in [-0.05, 0) is 19.9 Å². The highest BCUT2D eigenvalue weighted by atomic mass is 16.7. The second kappa shape index (κ2) is 6.02.